The van der Waals surface area contributed by atoms with Crippen molar-refractivity contribution in [1.82, 2.24) is 0 Å². The lowest BCUT2D eigenvalue weighted by Gasteiger charge is -2.10. The molecule has 0 atom stereocenters. The Hall–Kier alpha value is -1.91. The van der Waals surface area contributed by atoms with Crippen molar-refractivity contribution in [3.63, 3.8) is 0 Å². The first-order valence-electron chi connectivity index (χ1n) is 5.71. The Morgan fingerprint density at radius 2 is 1.95 bits per heavy atom. The van der Waals surface area contributed by atoms with Gasteiger partial charge in [0.05, 0.1) is 23.4 Å². The number of benzene rings is 2. The molecule has 0 aliphatic rings. The second-order valence-corrected chi connectivity index (χ2v) is 4.88. The van der Waals surface area contributed by atoms with Crippen molar-refractivity contribution >= 4 is 40.5 Å². The van der Waals surface area contributed by atoms with Crippen LogP contribution in [-0.2, 0) is 0 Å². The van der Waals surface area contributed by atoms with Gasteiger partial charge in [0.1, 0.15) is 5.75 Å². The number of rotatable bonds is 3. The average Bonchev–Trinajstić information content (AvgIpc) is 2.41. The quantitative estimate of drug-likeness (QED) is 0.847. The van der Waals surface area contributed by atoms with E-state index in [2.05, 4.69) is 5.32 Å². The van der Waals surface area contributed by atoms with E-state index in [-0.39, 0.29) is 5.91 Å². The average molecular weight is 311 g/mol. The fourth-order valence-electron chi connectivity index (χ4n) is 1.68. The summed E-state index contributed by atoms with van der Waals surface area (Å²) in [6.45, 7) is 0. The highest BCUT2D eigenvalue weighted by Gasteiger charge is 2.12. The maximum atomic E-state index is 12.1. The number of methoxy groups -OCH3 is 1. The van der Waals surface area contributed by atoms with E-state index < -0.39 is 0 Å². The van der Waals surface area contributed by atoms with Gasteiger partial charge >= 0.3 is 0 Å². The molecule has 6 heteroatoms. The summed E-state index contributed by atoms with van der Waals surface area (Å²) in [6, 6.07) is 9.66. The maximum Gasteiger partial charge on any atom is 0.257 e. The van der Waals surface area contributed by atoms with Crippen LogP contribution in [0.25, 0.3) is 0 Å². The van der Waals surface area contributed by atoms with Gasteiger partial charge in [-0.3, -0.25) is 4.79 Å². The zero-order valence-electron chi connectivity index (χ0n) is 10.6. The Bertz CT molecular complexity index is 660. The molecule has 104 valence electrons. The first-order valence-corrected chi connectivity index (χ1v) is 6.47. The number of nitrogens with one attached hydrogen (secondary N) is 1. The summed E-state index contributed by atoms with van der Waals surface area (Å²) in [5.74, 6) is 0.186. The van der Waals surface area contributed by atoms with Crippen LogP contribution in [0.2, 0.25) is 10.0 Å². The Labute approximate surface area is 126 Å². The molecular formula is C14H12Cl2N2O2. The summed E-state index contributed by atoms with van der Waals surface area (Å²) in [5.41, 5.74) is 7.05. The van der Waals surface area contributed by atoms with Gasteiger partial charge in [-0.25, -0.2) is 0 Å². The Kier molecular flexibility index (Phi) is 4.37. The van der Waals surface area contributed by atoms with Crippen LogP contribution in [0.1, 0.15) is 10.4 Å². The highest BCUT2D eigenvalue weighted by molar-refractivity contribution is 6.36. The molecule has 0 bridgehead atoms. The molecule has 2 aromatic carbocycles. The highest BCUT2D eigenvalue weighted by Crippen LogP contribution is 2.26. The molecule has 2 aromatic rings. The molecule has 0 spiro atoms. The van der Waals surface area contributed by atoms with E-state index in [0.717, 1.165) is 0 Å². The molecule has 0 aliphatic heterocycles. The van der Waals surface area contributed by atoms with Crippen LogP contribution in [0.15, 0.2) is 36.4 Å². The van der Waals surface area contributed by atoms with Crippen LogP contribution in [0.4, 0.5) is 11.4 Å². The molecule has 20 heavy (non-hydrogen) atoms. The van der Waals surface area contributed by atoms with Crippen LogP contribution in [0.5, 0.6) is 5.75 Å². The molecule has 0 fully saturated rings. The minimum Gasteiger partial charge on any atom is -0.495 e. The van der Waals surface area contributed by atoms with Gasteiger partial charge in [0.15, 0.2) is 0 Å². The molecule has 0 saturated carbocycles. The molecule has 0 unspecified atom stereocenters. The molecule has 1 amide bonds. The van der Waals surface area contributed by atoms with Gasteiger partial charge in [-0.05, 0) is 36.4 Å². The molecular weight excluding hydrogens is 299 g/mol. The van der Waals surface area contributed by atoms with Crippen molar-refractivity contribution in [1.29, 1.82) is 0 Å². The Balaban J connectivity index is 2.23. The first kappa shape index (κ1) is 14.5. The summed E-state index contributed by atoms with van der Waals surface area (Å²) in [7, 11) is 1.52. The second kappa shape index (κ2) is 6.03. The van der Waals surface area contributed by atoms with Gasteiger partial charge in [-0.1, -0.05) is 23.2 Å². The van der Waals surface area contributed by atoms with Crippen molar-refractivity contribution in [2.45, 2.75) is 0 Å². The fraction of sp³-hybridized carbons (Fsp3) is 0.0714. The number of hydrogen-bond acceptors (Lipinski definition) is 3. The van der Waals surface area contributed by atoms with E-state index in [1.165, 1.54) is 13.2 Å². The number of carbonyl (C=O) groups is 1. The van der Waals surface area contributed by atoms with Gasteiger partial charge in [-0.2, -0.15) is 0 Å². The fourth-order valence-corrected chi connectivity index (χ4v) is 2.06. The van der Waals surface area contributed by atoms with E-state index in [1.807, 2.05) is 0 Å². The second-order valence-electron chi connectivity index (χ2n) is 4.04. The SMILES string of the molecule is COc1ccc(NC(=O)c2cc(Cl)ccc2Cl)cc1N. The van der Waals surface area contributed by atoms with E-state index in [1.54, 1.807) is 30.3 Å². The predicted octanol–water partition coefficient (Wildman–Crippen LogP) is 3.84. The van der Waals surface area contributed by atoms with Crippen LogP contribution < -0.4 is 15.8 Å². The standard InChI is InChI=1S/C14H12Cl2N2O2/c1-20-13-5-3-9(7-12(13)17)18-14(19)10-6-8(15)2-4-11(10)16/h2-7H,17H2,1H3,(H,18,19). The topological polar surface area (TPSA) is 64.3 Å². The zero-order chi connectivity index (χ0) is 14.7. The summed E-state index contributed by atoms with van der Waals surface area (Å²) in [5, 5.41) is 3.47. The number of hydrogen-bond donors (Lipinski definition) is 2. The normalized spacial score (nSPS) is 10.2. The van der Waals surface area contributed by atoms with Crippen LogP contribution in [-0.4, -0.2) is 13.0 Å². The van der Waals surface area contributed by atoms with Gasteiger partial charge in [0.2, 0.25) is 0 Å². The lowest BCUT2D eigenvalue weighted by Crippen LogP contribution is -2.12. The summed E-state index contributed by atoms with van der Waals surface area (Å²) < 4.78 is 5.05. The molecule has 0 aliphatic carbocycles. The smallest absolute Gasteiger partial charge is 0.257 e. The zero-order valence-corrected chi connectivity index (χ0v) is 12.1. The largest absolute Gasteiger partial charge is 0.495 e. The van der Waals surface area contributed by atoms with Crippen molar-refractivity contribution in [3.8, 4) is 5.75 Å². The van der Waals surface area contributed by atoms with E-state index in [4.69, 9.17) is 33.7 Å². The molecule has 4 nitrogen and oxygen atoms in total. The number of nitrogens with two attached hydrogens (primary N) is 1. The number of nitrogen functional groups attached to an aromatic ring is 1. The van der Waals surface area contributed by atoms with Gasteiger partial charge in [0.25, 0.3) is 5.91 Å². The summed E-state index contributed by atoms with van der Waals surface area (Å²) >= 11 is 11.8. The highest BCUT2D eigenvalue weighted by atomic mass is 35.5. The number of halogens is 2. The van der Waals surface area contributed by atoms with Crippen molar-refractivity contribution in [2.24, 2.45) is 0 Å². The molecule has 0 heterocycles. The summed E-state index contributed by atoms with van der Waals surface area (Å²) in [4.78, 5) is 12.1. The molecule has 3 N–H and O–H groups in total. The third-order valence-electron chi connectivity index (χ3n) is 2.66. The van der Waals surface area contributed by atoms with E-state index in [9.17, 15) is 4.79 Å². The number of amides is 1. The van der Waals surface area contributed by atoms with E-state index in [0.29, 0.717) is 32.7 Å². The lowest BCUT2D eigenvalue weighted by atomic mass is 10.2. The van der Waals surface area contributed by atoms with E-state index >= 15 is 0 Å². The molecule has 0 saturated heterocycles. The molecule has 2 rings (SSSR count). The Morgan fingerprint density at radius 1 is 1.20 bits per heavy atom. The molecule has 0 aromatic heterocycles. The third-order valence-corrected chi connectivity index (χ3v) is 3.23. The predicted molar refractivity (Wildman–Crippen MR) is 81.8 cm³/mol. The van der Waals surface area contributed by atoms with Crippen LogP contribution in [0.3, 0.4) is 0 Å². The summed E-state index contributed by atoms with van der Waals surface area (Å²) in [6.07, 6.45) is 0. The first-order chi connectivity index (χ1) is 9.51. The van der Waals surface area contributed by atoms with Crippen LogP contribution >= 0.6 is 23.2 Å². The number of anilines is 2. The number of carbonyl (C=O) groups excluding carboxylic acids is 1. The lowest BCUT2D eigenvalue weighted by molar-refractivity contribution is 0.102. The van der Waals surface area contributed by atoms with Gasteiger partial charge in [-0.15, -0.1) is 0 Å². The Morgan fingerprint density at radius 3 is 2.60 bits per heavy atom. The van der Waals surface area contributed by atoms with Crippen molar-refractivity contribution in [3.05, 3.63) is 52.0 Å². The van der Waals surface area contributed by atoms with Crippen LogP contribution in [0, 0.1) is 0 Å². The minimum atomic E-state index is -0.359. The van der Waals surface area contributed by atoms with Crippen molar-refractivity contribution in [2.75, 3.05) is 18.2 Å². The van der Waals surface area contributed by atoms with Gasteiger partial charge < -0.3 is 15.8 Å². The van der Waals surface area contributed by atoms with Crippen molar-refractivity contribution < 1.29 is 9.53 Å². The molecule has 0 radical (unpaired) electrons. The third kappa shape index (κ3) is 3.15. The maximum absolute atomic E-state index is 12.1. The monoisotopic (exact) mass is 310 g/mol. The number of ether oxygens (including phenoxy) is 1. The minimum absolute atomic E-state index is 0.300. The van der Waals surface area contributed by atoms with Gasteiger partial charge in [0, 0.05) is 10.7 Å².